The molecular formula is C13H14F2N2S. The van der Waals surface area contributed by atoms with Gasteiger partial charge in [-0.05, 0) is 31.7 Å². The van der Waals surface area contributed by atoms with Crippen LogP contribution in [-0.4, -0.2) is 12.0 Å². The maximum Gasteiger partial charge on any atom is 0.159 e. The highest BCUT2D eigenvalue weighted by Gasteiger charge is 2.12. The maximum atomic E-state index is 13.2. The van der Waals surface area contributed by atoms with E-state index in [9.17, 15) is 8.78 Å². The molecule has 0 atom stereocenters. The first-order chi connectivity index (χ1) is 8.65. The van der Waals surface area contributed by atoms with Crippen LogP contribution in [0.4, 0.5) is 8.78 Å². The molecule has 2 aromatic rings. The van der Waals surface area contributed by atoms with Crippen molar-refractivity contribution in [3.8, 4) is 10.6 Å². The lowest BCUT2D eigenvalue weighted by Gasteiger charge is -1.97. The fraction of sp³-hybridized carbons (Fsp3) is 0.308. The van der Waals surface area contributed by atoms with Crippen molar-refractivity contribution in [3.63, 3.8) is 0 Å². The Morgan fingerprint density at radius 3 is 2.67 bits per heavy atom. The van der Waals surface area contributed by atoms with Crippen LogP contribution in [0.3, 0.4) is 0 Å². The number of halogens is 2. The minimum atomic E-state index is -0.837. The molecule has 2 nitrogen and oxygen atoms in total. The Morgan fingerprint density at radius 2 is 2.06 bits per heavy atom. The van der Waals surface area contributed by atoms with Crippen molar-refractivity contribution < 1.29 is 8.78 Å². The van der Waals surface area contributed by atoms with Gasteiger partial charge in [-0.25, -0.2) is 13.8 Å². The van der Waals surface area contributed by atoms with E-state index in [1.165, 1.54) is 17.4 Å². The SMILES string of the molecule is CCc1nc(-c2ccc(F)c(F)c2)sc1CNC. The predicted octanol–water partition coefficient (Wildman–Crippen LogP) is 3.37. The van der Waals surface area contributed by atoms with Crippen LogP contribution >= 0.6 is 11.3 Å². The number of hydrogen-bond acceptors (Lipinski definition) is 3. The summed E-state index contributed by atoms with van der Waals surface area (Å²) < 4.78 is 26.1. The number of benzene rings is 1. The third-order valence-electron chi connectivity index (χ3n) is 2.62. The topological polar surface area (TPSA) is 24.9 Å². The molecule has 1 N–H and O–H groups in total. The summed E-state index contributed by atoms with van der Waals surface area (Å²) in [4.78, 5) is 5.62. The quantitative estimate of drug-likeness (QED) is 0.919. The largest absolute Gasteiger partial charge is 0.315 e. The van der Waals surface area contributed by atoms with Crippen molar-refractivity contribution in [2.24, 2.45) is 0 Å². The summed E-state index contributed by atoms with van der Waals surface area (Å²) in [5.41, 5.74) is 1.63. The molecule has 18 heavy (non-hydrogen) atoms. The minimum Gasteiger partial charge on any atom is -0.315 e. The fourth-order valence-corrected chi connectivity index (χ4v) is 2.87. The van der Waals surface area contributed by atoms with Gasteiger partial charge in [0.2, 0.25) is 0 Å². The normalized spacial score (nSPS) is 10.9. The Morgan fingerprint density at radius 1 is 1.28 bits per heavy atom. The molecule has 0 saturated heterocycles. The predicted molar refractivity (Wildman–Crippen MR) is 69.6 cm³/mol. The highest BCUT2D eigenvalue weighted by molar-refractivity contribution is 7.15. The summed E-state index contributed by atoms with van der Waals surface area (Å²) in [7, 11) is 1.87. The highest BCUT2D eigenvalue weighted by atomic mass is 32.1. The van der Waals surface area contributed by atoms with E-state index in [0.29, 0.717) is 5.56 Å². The molecule has 0 aliphatic rings. The smallest absolute Gasteiger partial charge is 0.159 e. The Balaban J connectivity index is 2.40. The Bertz CT molecular complexity index is 552. The van der Waals surface area contributed by atoms with Crippen molar-refractivity contribution in [1.82, 2.24) is 10.3 Å². The summed E-state index contributed by atoms with van der Waals surface area (Å²) in [6, 6.07) is 3.88. The number of rotatable bonds is 4. The Kier molecular flexibility index (Phi) is 4.04. The number of thiazole rings is 1. The molecule has 1 heterocycles. The van der Waals surface area contributed by atoms with Gasteiger partial charge < -0.3 is 5.32 Å². The zero-order chi connectivity index (χ0) is 13.1. The number of nitrogens with zero attached hydrogens (tertiary/aromatic N) is 1. The van der Waals surface area contributed by atoms with Crippen LogP contribution in [0, 0.1) is 11.6 Å². The number of aryl methyl sites for hydroxylation is 1. The second-order valence-corrected chi connectivity index (χ2v) is 4.99. The molecule has 0 bridgehead atoms. The number of hydrogen-bond donors (Lipinski definition) is 1. The first-order valence-corrected chi connectivity index (χ1v) is 6.56. The molecule has 0 fully saturated rings. The molecule has 0 unspecified atom stereocenters. The lowest BCUT2D eigenvalue weighted by atomic mass is 10.2. The summed E-state index contributed by atoms with van der Waals surface area (Å²) in [5, 5.41) is 3.81. The third-order valence-corrected chi connectivity index (χ3v) is 3.76. The average molecular weight is 268 g/mol. The van der Waals surface area contributed by atoms with Gasteiger partial charge in [-0.3, -0.25) is 0 Å². The standard InChI is InChI=1S/C13H14F2N2S/c1-3-11-12(7-16-2)18-13(17-11)8-4-5-9(14)10(15)6-8/h4-6,16H,3,7H2,1-2H3. The molecular weight excluding hydrogens is 254 g/mol. The van der Waals surface area contributed by atoms with E-state index in [1.54, 1.807) is 6.07 Å². The minimum absolute atomic E-state index is 0.621. The fourth-order valence-electron chi connectivity index (χ4n) is 1.71. The first kappa shape index (κ1) is 13.1. The summed E-state index contributed by atoms with van der Waals surface area (Å²) in [6.45, 7) is 2.77. The van der Waals surface area contributed by atoms with E-state index in [4.69, 9.17) is 0 Å². The van der Waals surface area contributed by atoms with Gasteiger partial charge in [0, 0.05) is 17.0 Å². The average Bonchev–Trinajstić information content (AvgIpc) is 2.76. The number of nitrogens with one attached hydrogen (secondary N) is 1. The number of aromatic nitrogens is 1. The summed E-state index contributed by atoms with van der Waals surface area (Å²) in [5.74, 6) is -1.67. The van der Waals surface area contributed by atoms with E-state index < -0.39 is 11.6 Å². The van der Waals surface area contributed by atoms with Gasteiger partial charge in [-0.2, -0.15) is 0 Å². The second-order valence-electron chi connectivity index (χ2n) is 3.90. The van der Waals surface area contributed by atoms with Gasteiger partial charge in [0.25, 0.3) is 0 Å². The van der Waals surface area contributed by atoms with E-state index >= 15 is 0 Å². The van der Waals surface area contributed by atoms with Crippen molar-refractivity contribution in [2.45, 2.75) is 19.9 Å². The molecule has 0 spiro atoms. The molecule has 2 rings (SSSR count). The van der Waals surface area contributed by atoms with Crippen LogP contribution in [0.2, 0.25) is 0 Å². The van der Waals surface area contributed by atoms with E-state index in [2.05, 4.69) is 10.3 Å². The lowest BCUT2D eigenvalue weighted by molar-refractivity contribution is 0.509. The molecule has 0 radical (unpaired) electrons. The highest BCUT2D eigenvalue weighted by Crippen LogP contribution is 2.29. The Hall–Kier alpha value is -1.33. The van der Waals surface area contributed by atoms with Crippen molar-refractivity contribution in [3.05, 3.63) is 40.4 Å². The van der Waals surface area contributed by atoms with Crippen LogP contribution < -0.4 is 5.32 Å². The third kappa shape index (κ3) is 2.57. The molecule has 5 heteroatoms. The van der Waals surface area contributed by atoms with Gasteiger partial charge >= 0.3 is 0 Å². The van der Waals surface area contributed by atoms with Crippen LogP contribution in [0.1, 0.15) is 17.5 Å². The molecule has 1 aromatic carbocycles. The molecule has 1 aromatic heterocycles. The van der Waals surface area contributed by atoms with Gasteiger partial charge in [-0.15, -0.1) is 11.3 Å². The van der Waals surface area contributed by atoms with Crippen molar-refractivity contribution in [2.75, 3.05) is 7.05 Å². The lowest BCUT2D eigenvalue weighted by Crippen LogP contribution is -2.05. The molecule has 0 amide bonds. The van der Waals surface area contributed by atoms with E-state index in [-0.39, 0.29) is 0 Å². The zero-order valence-corrected chi connectivity index (χ0v) is 11.1. The van der Waals surface area contributed by atoms with E-state index in [0.717, 1.165) is 34.6 Å². The first-order valence-electron chi connectivity index (χ1n) is 5.74. The Labute approximate surface area is 109 Å². The van der Waals surface area contributed by atoms with Crippen LogP contribution in [0.25, 0.3) is 10.6 Å². The van der Waals surface area contributed by atoms with E-state index in [1.807, 2.05) is 14.0 Å². The zero-order valence-electron chi connectivity index (χ0n) is 10.3. The van der Waals surface area contributed by atoms with Crippen molar-refractivity contribution >= 4 is 11.3 Å². The maximum absolute atomic E-state index is 13.2. The molecule has 0 aliphatic heterocycles. The van der Waals surface area contributed by atoms with Crippen LogP contribution in [0.5, 0.6) is 0 Å². The molecule has 0 aliphatic carbocycles. The van der Waals surface area contributed by atoms with Gasteiger partial charge in [0.1, 0.15) is 5.01 Å². The summed E-state index contributed by atoms with van der Waals surface area (Å²) >= 11 is 1.51. The van der Waals surface area contributed by atoms with Crippen molar-refractivity contribution in [1.29, 1.82) is 0 Å². The van der Waals surface area contributed by atoms with Crippen LogP contribution in [0.15, 0.2) is 18.2 Å². The van der Waals surface area contributed by atoms with Gasteiger partial charge in [0.15, 0.2) is 11.6 Å². The molecule has 0 saturated carbocycles. The summed E-state index contributed by atoms with van der Waals surface area (Å²) in [6.07, 6.45) is 0.831. The second kappa shape index (κ2) is 5.54. The van der Waals surface area contributed by atoms with Gasteiger partial charge in [0.05, 0.1) is 5.69 Å². The monoisotopic (exact) mass is 268 g/mol. The van der Waals surface area contributed by atoms with Crippen LogP contribution in [-0.2, 0) is 13.0 Å². The van der Waals surface area contributed by atoms with Gasteiger partial charge in [-0.1, -0.05) is 6.92 Å². The molecule has 96 valence electrons.